The summed E-state index contributed by atoms with van der Waals surface area (Å²) in [6.45, 7) is 6.18. The molecule has 6 nitrogen and oxygen atoms in total. The molecule has 0 aliphatic carbocycles. The average molecular weight is 377 g/mol. The molecule has 1 aromatic carbocycles. The van der Waals surface area contributed by atoms with E-state index in [2.05, 4.69) is 29.6 Å². The van der Waals surface area contributed by atoms with Crippen molar-refractivity contribution in [3.63, 3.8) is 0 Å². The Hall–Kier alpha value is -2.05. The van der Waals surface area contributed by atoms with E-state index in [-0.39, 0.29) is 17.7 Å². The van der Waals surface area contributed by atoms with Crippen LogP contribution in [0, 0.1) is 11.8 Å². The van der Waals surface area contributed by atoms with E-state index in [0.29, 0.717) is 35.5 Å². The number of rotatable bonds is 6. The molecule has 1 fully saturated rings. The fourth-order valence-corrected chi connectivity index (χ4v) is 3.36. The molecule has 2 N–H and O–H groups in total. The monoisotopic (exact) mass is 376 g/mol. The van der Waals surface area contributed by atoms with E-state index >= 15 is 0 Å². The van der Waals surface area contributed by atoms with Crippen molar-refractivity contribution in [2.24, 2.45) is 18.9 Å². The number of halogens is 1. The van der Waals surface area contributed by atoms with Crippen molar-refractivity contribution in [1.82, 2.24) is 15.1 Å². The number of hydrogen-bond acceptors (Lipinski definition) is 4. The molecule has 7 heteroatoms. The zero-order valence-electron chi connectivity index (χ0n) is 15.3. The summed E-state index contributed by atoms with van der Waals surface area (Å²) in [5, 5.41) is 11.0. The Bertz CT molecular complexity index is 775. The number of carbonyl (C=O) groups is 1. The lowest BCUT2D eigenvalue weighted by Gasteiger charge is -2.17. The number of nitrogens with one attached hydrogen (secondary N) is 2. The van der Waals surface area contributed by atoms with Gasteiger partial charge in [-0.15, -0.1) is 0 Å². The molecule has 2 aromatic rings. The Labute approximate surface area is 158 Å². The number of anilines is 1. The summed E-state index contributed by atoms with van der Waals surface area (Å²) in [5.41, 5.74) is 1.75. The topological polar surface area (TPSA) is 68.2 Å². The Morgan fingerprint density at radius 1 is 1.46 bits per heavy atom. The number of nitrogens with zero attached hydrogens (tertiary/aromatic N) is 2. The zero-order valence-corrected chi connectivity index (χ0v) is 16.1. The van der Waals surface area contributed by atoms with E-state index in [0.717, 1.165) is 12.1 Å². The van der Waals surface area contributed by atoms with E-state index in [4.69, 9.17) is 16.3 Å². The first-order chi connectivity index (χ1) is 12.4. The minimum atomic E-state index is -0.144. The highest BCUT2D eigenvalue weighted by atomic mass is 35.5. The van der Waals surface area contributed by atoms with Gasteiger partial charge in [0, 0.05) is 37.9 Å². The van der Waals surface area contributed by atoms with Crippen molar-refractivity contribution in [2.75, 3.05) is 25.0 Å². The second-order valence-corrected chi connectivity index (χ2v) is 7.57. The number of aryl methyl sites for hydroxylation is 1. The van der Waals surface area contributed by atoms with Crippen LogP contribution in [0.2, 0.25) is 5.02 Å². The van der Waals surface area contributed by atoms with E-state index in [1.165, 1.54) is 0 Å². The Morgan fingerprint density at radius 3 is 2.92 bits per heavy atom. The molecular weight excluding hydrogens is 352 g/mol. The molecule has 140 valence electrons. The van der Waals surface area contributed by atoms with E-state index in [1.54, 1.807) is 16.8 Å². The minimum absolute atomic E-state index is 0.0178. The second-order valence-electron chi connectivity index (χ2n) is 7.16. The maximum atomic E-state index is 12.8. The van der Waals surface area contributed by atoms with Gasteiger partial charge in [0.15, 0.2) is 0 Å². The van der Waals surface area contributed by atoms with Crippen molar-refractivity contribution >= 4 is 23.2 Å². The molecule has 26 heavy (non-hydrogen) atoms. The highest BCUT2D eigenvalue weighted by molar-refractivity contribution is 6.32. The van der Waals surface area contributed by atoms with Crippen LogP contribution in [0.1, 0.15) is 25.3 Å². The smallest absolute Gasteiger partial charge is 0.229 e. The second kappa shape index (κ2) is 8.10. The maximum Gasteiger partial charge on any atom is 0.229 e. The first kappa shape index (κ1) is 18.7. The van der Waals surface area contributed by atoms with E-state index < -0.39 is 0 Å². The van der Waals surface area contributed by atoms with Crippen molar-refractivity contribution in [1.29, 1.82) is 0 Å². The van der Waals surface area contributed by atoms with Crippen LogP contribution in [-0.4, -0.2) is 35.4 Å². The first-order valence-corrected chi connectivity index (χ1v) is 9.24. The average Bonchev–Trinajstić information content (AvgIpc) is 3.22. The molecule has 2 atom stereocenters. The molecule has 2 heterocycles. The third-order valence-electron chi connectivity index (χ3n) is 4.48. The molecule has 1 amide bonds. The number of benzene rings is 1. The molecule has 0 unspecified atom stereocenters. The molecule has 0 spiro atoms. The molecule has 1 aromatic heterocycles. The van der Waals surface area contributed by atoms with Crippen LogP contribution < -0.4 is 15.4 Å². The summed E-state index contributed by atoms with van der Waals surface area (Å²) in [6.07, 6.45) is 3.80. The number of aromatic nitrogens is 2. The summed E-state index contributed by atoms with van der Waals surface area (Å²) in [6, 6.07) is 5.35. The predicted molar refractivity (Wildman–Crippen MR) is 103 cm³/mol. The lowest BCUT2D eigenvalue weighted by atomic mass is 9.90. The van der Waals surface area contributed by atoms with Gasteiger partial charge in [-0.1, -0.05) is 25.4 Å². The molecule has 0 saturated carbocycles. The predicted octanol–water partition coefficient (Wildman–Crippen LogP) is 3.05. The van der Waals surface area contributed by atoms with E-state index in [9.17, 15) is 4.79 Å². The molecular formula is C19H25ClN4O2. The van der Waals surface area contributed by atoms with Crippen LogP contribution in [0.5, 0.6) is 5.75 Å². The Kier molecular flexibility index (Phi) is 5.84. The third-order valence-corrected chi connectivity index (χ3v) is 4.77. The van der Waals surface area contributed by atoms with Crippen LogP contribution in [0.3, 0.4) is 0 Å². The van der Waals surface area contributed by atoms with Gasteiger partial charge in [0.1, 0.15) is 5.75 Å². The van der Waals surface area contributed by atoms with Gasteiger partial charge in [0.05, 0.1) is 23.7 Å². The maximum absolute atomic E-state index is 12.8. The number of ether oxygens (including phenoxy) is 1. The third kappa shape index (κ3) is 4.37. The zero-order chi connectivity index (χ0) is 18.7. The first-order valence-electron chi connectivity index (χ1n) is 8.86. The Balaban J connectivity index is 1.66. The van der Waals surface area contributed by atoms with Crippen molar-refractivity contribution in [3.8, 4) is 5.75 Å². The lowest BCUT2D eigenvalue weighted by Crippen LogP contribution is -2.28. The summed E-state index contributed by atoms with van der Waals surface area (Å²) < 4.78 is 7.43. The molecule has 0 radical (unpaired) electrons. The summed E-state index contributed by atoms with van der Waals surface area (Å²) in [4.78, 5) is 12.8. The van der Waals surface area contributed by atoms with Gasteiger partial charge in [-0.05, 0) is 29.7 Å². The number of carbonyl (C=O) groups excluding carboxylic acids is 1. The van der Waals surface area contributed by atoms with Crippen molar-refractivity contribution in [3.05, 3.63) is 41.2 Å². The lowest BCUT2D eigenvalue weighted by molar-refractivity contribution is -0.119. The van der Waals surface area contributed by atoms with Gasteiger partial charge >= 0.3 is 0 Å². The molecule has 1 saturated heterocycles. The molecule has 3 rings (SSSR count). The summed E-state index contributed by atoms with van der Waals surface area (Å²) in [7, 11) is 1.88. The fourth-order valence-electron chi connectivity index (χ4n) is 3.12. The minimum Gasteiger partial charge on any atom is -0.492 e. The highest BCUT2D eigenvalue weighted by Crippen LogP contribution is 2.31. The van der Waals surface area contributed by atoms with Crippen LogP contribution in [0.15, 0.2) is 30.6 Å². The van der Waals surface area contributed by atoms with Crippen LogP contribution in [-0.2, 0) is 11.8 Å². The van der Waals surface area contributed by atoms with Gasteiger partial charge in [0.25, 0.3) is 0 Å². The van der Waals surface area contributed by atoms with Gasteiger partial charge in [-0.3, -0.25) is 9.48 Å². The number of hydrogen-bond donors (Lipinski definition) is 2. The molecule has 1 aliphatic rings. The van der Waals surface area contributed by atoms with Crippen LogP contribution >= 0.6 is 11.6 Å². The number of amides is 1. The summed E-state index contributed by atoms with van der Waals surface area (Å²) >= 11 is 6.28. The van der Waals surface area contributed by atoms with Gasteiger partial charge in [-0.25, -0.2) is 0 Å². The standard InChI is InChI=1S/C19H25ClN4O2/c1-12(2)11-26-18-5-4-14(6-17(18)20)23-19(25)16-9-21-8-15(16)13-7-22-24(3)10-13/h4-7,10,12,15-16,21H,8-9,11H2,1-3H3,(H,23,25)/t15-,16+/m1/s1. The SMILES string of the molecule is CC(C)COc1ccc(NC(=O)[C@H]2CNC[C@@H]2c2cnn(C)c2)cc1Cl. The van der Waals surface area contributed by atoms with Gasteiger partial charge < -0.3 is 15.4 Å². The fraction of sp³-hybridized carbons (Fsp3) is 0.474. The van der Waals surface area contributed by atoms with Gasteiger partial charge in [0.2, 0.25) is 5.91 Å². The Morgan fingerprint density at radius 2 is 2.27 bits per heavy atom. The van der Waals surface area contributed by atoms with E-state index in [1.807, 2.05) is 25.5 Å². The van der Waals surface area contributed by atoms with Crippen LogP contribution in [0.4, 0.5) is 5.69 Å². The normalized spacial score (nSPS) is 19.7. The van der Waals surface area contributed by atoms with Crippen molar-refractivity contribution < 1.29 is 9.53 Å². The van der Waals surface area contributed by atoms with Crippen molar-refractivity contribution in [2.45, 2.75) is 19.8 Å². The molecule has 1 aliphatic heterocycles. The summed E-state index contributed by atoms with van der Waals surface area (Å²) in [5.74, 6) is 1.01. The highest BCUT2D eigenvalue weighted by Gasteiger charge is 2.34. The van der Waals surface area contributed by atoms with Gasteiger partial charge in [-0.2, -0.15) is 5.10 Å². The largest absolute Gasteiger partial charge is 0.492 e. The molecule has 0 bridgehead atoms. The van der Waals surface area contributed by atoms with Crippen LogP contribution in [0.25, 0.3) is 0 Å². The quantitative estimate of drug-likeness (QED) is 0.813.